The minimum Gasteiger partial charge on any atom is -0.440 e. The molecule has 7 nitrogen and oxygen atoms in total. The maximum Gasteiger partial charge on any atom is 0.256 e. The standard InChI is InChI=1S/C26H27N5O2/c1-3-22-24(19-9-5-4-6-10-19)33-25(29-22)20-14-13-18(2)30(17-20)26(32)21-11-7-8-12-23(21)31-27-15-16-28-31/h4-12,15-16,18,20H,3,13-14,17H2,1-2H3/t18-,20-/m1/s1. The SMILES string of the molecule is CCc1nc([C@@H]2CC[C@@H](C)N(C(=O)c3ccccc3-n3nccn3)C2)oc1-c1ccccc1. The van der Waals surface area contributed by atoms with E-state index in [9.17, 15) is 4.79 Å². The molecule has 0 unspecified atom stereocenters. The molecule has 1 aliphatic rings. The first-order chi connectivity index (χ1) is 16.2. The summed E-state index contributed by atoms with van der Waals surface area (Å²) in [4.78, 5) is 21.9. The molecular formula is C26H27N5O2. The lowest BCUT2D eigenvalue weighted by Crippen LogP contribution is -2.45. The smallest absolute Gasteiger partial charge is 0.256 e. The number of piperidine rings is 1. The number of aromatic nitrogens is 4. The predicted octanol–water partition coefficient (Wildman–Crippen LogP) is 4.89. The summed E-state index contributed by atoms with van der Waals surface area (Å²) in [6, 6.07) is 17.7. The summed E-state index contributed by atoms with van der Waals surface area (Å²) < 4.78 is 6.31. The van der Waals surface area contributed by atoms with Gasteiger partial charge in [-0.05, 0) is 38.3 Å². The Bertz CT molecular complexity index is 1230. The number of amides is 1. The molecule has 1 fully saturated rings. The molecule has 2 aromatic carbocycles. The van der Waals surface area contributed by atoms with Gasteiger partial charge in [0.2, 0.25) is 0 Å². The zero-order valence-electron chi connectivity index (χ0n) is 18.9. The lowest BCUT2D eigenvalue weighted by molar-refractivity contribution is 0.0597. The third-order valence-corrected chi connectivity index (χ3v) is 6.35. The minimum atomic E-state index is -0.0225. The third-order valence-electron chi connectivity index (χ3n) is 6.35. The molecule has 0 N–H and O–H groups in total. The molecule has 168 valence electrons. The van der Waals surface area contributed by atoms with Gasteiger partial charge in [-0.15, -0.1) is 0 Å². The Balaban J connectivity index is 1.43. The molecule has 2 atom stereocenters. The highest BCUT2D eigenvalue weighted by molar-refractivity contribution is 5.98. The van der Waals surface area contributed by atoms with Gasteiger partial charge in [0.1, 0.15) is 0 Å². The Morgan fingerprint density at radius 2 is 1.76 bits per heavy atom. The van der Waals surface area contributed by atoms with Gasteiger partial charge in [0.25, 0.3) is 5.91 Å². The second-order valence-electron chi connectivity index (χ2n) is 8.46. The number of oxazole rings is 1. The highest BCUT2D eigenvalue weighted by Gasteiger charge is 2.34. The van der Waals surface area contributed by atoms with E-state index in [4.69, 9.17) is 9.40 Å². The summed E-state index contributed by atoms with van der Waals surface area (Å²) in [6.45, 7) is 4.76. The van der Waals surface area contributed by atoms with Gasteiger partial charge in [-0.1, -0.05) is 49.4 Å². The van der Waals surface area contributed by atoms with E-state index in [-0.39, 0.29) is 17.9 Å². The molecule has 1 saturated heterocycles. The molecule has 5 rings (SSSR count). The van der Waals surface area contributed by atoms with E-state index in [2.05, 4.69) is 24.0 Å². The summed E-state index contributed by atoms with van der Waals surface area (Å²) in [5.41, 5.74) is 3.26. The van der Waals surface area contributed by atoms with Gasteiger partial charge in [0, 0.05) is 18.2 Å². The molecule has 3 heterocycles. The number of benzene rings is 2. The first-order valence-electron chi connectivity index (χ1n) is 11.5. The van der Waals surface area contributed by atoms with Crippen LogP contribution >= 0.6 is 0 Å². The lowest BCUT2D eigenvalue weighted by Gasteiger charge is -2.37. The van der Waals surface area contributed by atoms with Crippen molar-refractivity contribution >= 4 is 5.91 Å². The van der Waals surface area contributed by atoms with Crippen LogP contribution in [0.3, 0.4) is 0 Å². The number of carbonyl (C=O) groups is 1. The maximum atomic E-state index is 13.7. The number of nitrogens with zero attached hydrogens (tertiary/aromatic N) is 5. The molecule has 7 heteroatoms. The van der Waals surface area contributed by atoms with E-state index in [1.807, 2.05) is 59.5 Å². The van der Waals surface area contributed by atoms with Crippen LogP contribution in [0.25, 0.3) is 17.0 Å². The van der Waals surface area contributed by atoms with Gasteiger partial charge >= 0.3 is 0 Å². The van der Waals surface area contributed by atoms with Crippen LogP contribution in [0.4, 0.5) is 0 Å². The summed E-state index contributed by atoms with van der Waals surface area (Å²) in [5, 5.41) is 8.43. The van der Waals surface area contributed by atoms with Gasteiger partial charge in [0.05, 0.1) is 35.3 Å². The number of aryl methyl sites for hydroxylation is 1. The van der Waals surface area contributed by atoms with Gasteiger partial charge in [-0.3, -0.25) is 4.79 Å². The summed E-state index contributed by atoms with van der Waals surface area (Å²) in [6.07, 6.45) is 5.84. The predicted molar refractivity (Wildman–Crippen MR) is 125 cm³/mol. The number of likely N-dealkylation sites (tertiary alicyclic amines) is 1. The van der Waals surface area contributed by atoms with Crippen molar-refractivity contribution in [2.24, 2.45) is 0 Å². The fraction of sp³-hybridized carbons (Fsp3) is 0.308. The molecule has 0 radical (unpaired) electrons. The quantitative estimate of drug-likeness (QED) is 0.441. The number of hydrogen-bond acceptors (Lipinski definition) is 5. The average molecular weight is 442 g/mol. The highest BCUT2D eigenvalue weighted by atomic mass is 16.4. The van der Waals surface area contributed by atoms with E-state index in [1.165, 1.54) is 4.80 Å². The van der Waals surface area contributed by atoms with Crippen molar-refractivity contribution in [2.75, 3.05) is 6.54 Å². The first-order valence-corrected chi connectivity index (χ1v) is 11.5. The van der Waals surface area contributed by atoms with Gasteiger partial charge < -0.3 is 9.32 Å². The van der Waals surface area contributed by atoms with Crippen LogP contribution in [0.1, 0.15) is 54.5 Å². The van der Waals surface area contributed by atoms with Crippen LogP contribution in [0.15, 0.2) is 71.4 Å². The highest BCUT2D eigenvalue weighted by Crippen LogP contribution is 2.35. The first kappa shape index (κ1) is 21.1. The van der Waals surface area contributed by atoms with E-state index >= 15 is 0 Å². The fourth-order valence-electron chi connectivity index (χ4n) is 4.51. The molecular weight excluding hydrogens is 414 g/mol. The van der Waals surface area contributed by atoms with Gasteiger partial charge in [0.15, 0.2) is 11.7 Å². The molecule has 1 amide bonds. The Labute approximate surface area is 193 Å². The number of hydrogen-bond donors (Lipinski definition) is 0. The van der Waals surface area contributed by atoms with Crippen molar-refractivity contribution in [2.45, 2.75) is 45.1 Å². The van der Waals surface area contributed by atoms with Crippen LogP contribution in [0.5, 0.6) is 0 Å². The molecule has 0 bridgehead atoms. The summed E-state index contributed by atoms with van der Waals surface area (Å²) in [7, 11) is 0. The Morgan fingerprint density at radius 1 is 1.03 bits per heavy atom. The van der Waals surface area contributed by atoms with Crippen molar-refractivity contribution in [3.8, 4) is 17.0 Å². The largest absolute Gasteiger partial charge is 0.440 e. The van der Waals surface area contributed by atoms with E-state index in [0.29, 0.717) is 17.8 Å². The third kappa shape index (κ3) is 4.06. The molecule has 0 saturated carbocycles. The Kier molecular flexibility index (Phi) is 5.77. The molecule has 2 aromatic heterocycles. The van der Waals surface area contributed by atoms with Crippen LogP contribution in [-0.2, 0) is 6.42 Å². The second-order valence-corrected chi connectivity index (χ2v) is 8.46. The monoisotopic (exact) mass is 441 g/mol. The van der Waals surface area contributed by atoms with Crippen LogP contribution in [0.2, 0.25) is 0 Å². The van der Waals surface area contributed by atoms with E-state index < -0.39 is 0 Å². The van der Waals surface area contributed by atoms with Gasteiger partial charge in [-0.2, -0.15) is 15.0 Å². The van der Waals surface area contributed by atoms with Gasteiger partial charge in [-0.25, -0.2) is 4.98 Å². The minimum absolute atomic E-state index is 0.0225. The van der Waals surface area contributed by atoms with Crippen molar-refractivity contribution in [3.05, 3.63) is 84.1 Å². The van der Waals surface area contributed by atoms with Crippen molar-refractivity contribution in [1.29, 1.82) is 0 Å². The van der Waals surface area contributed by atoms with Crippen LogP contribution < -0.4 is 0 Å². The normalized spacial score (nSPS) is 18.4. The molecule has 0 spiro atoms. The molecule has 1 aliphatic heterocycles. The lowest BCUT2D eigenvalue weighted by atomic mass is 9.92. The van der Waals surface area contributed by atoms with Crippen LogP contribution in [0, 0.1) is 0 Å². The maximum absolute atomic E-state index is 13.7. The van der Waals surface area contributed by atoms with Crippen LogP contribution in [-0.4, -0.2) is 43.4 Å². The topological polar surface area (TPSA) is 77.1 Å². The average Bonchev–Trinajstić information content (AvgIpc) is 3.55. The van der Waals surface area contributed by atoms with Crippen molar-refractivity contribution in [3.63, 3.8) is 0 Å². The Morgan fingerprint density at radius 3 is 2.52 bits per heavy atom. The summed E-state index contributed by atoms with van der Waals surface area (Å²) in [5.74, 6) is 1.59. The summed E-state index contributed by atoms with van der Waals surface area (Å²) >= 11 is 0. The van der Waals surface area contributed by atoms with E-state index in [0.717, 1.165) is 42.2 Å². The molecule has 4 aromatic rings. The zero-order chi connectivity index (χ0) is 22.8. The number of carbonyl (C=O) groups excluding carboxylic acids is 1. The van der Waals surface area contributed by atoms with Crippen molar-refractivity contribution < 1.29 is 9.21 Å². The Hall–Kier alpha value is -3.74. The number of rotatable bonds is 5. The second kappa shape index (κ2) is 9.02. The molecule has 0 aliphatic carbocycles. The van der Waals surface area contributed by atoms with E-state index in [1.54, 1.807) is 12.4 Å². The fourth-order valence-corrected chi connectivity index (χ4v) is 4.51. The number of para-hydroxylation sites is 1. The zero-order valence-corrected chi connectivity index (χ0v) is 18.9. The van der Waals surface area contributed by atoms with Crippen molar-refractivity contribution in [1.82, 2.24) is 24.9 Å². The molecule has 33 heavy (non-hydrogen) atoms.